The van der Waals surface area contributed by atoms with Crippen molar-refractivity contribution >= 4 is 46.4 Å². The molecule has 0 atom stereocenters. The first-order valence-electron chi connectivity index (χ1n) is 9.25. The molecule has 0 bridgehead atoms. The number of carbonyl (C=O) groups excluding carboxylic acids is 2. The summed E-state index contributed by atoms with van der Waals surface area (Å²) in [7, 11) is 0. The van der Waals surface area contributed by atoms with E-state index in [1.165, 1.54) is 0 Å². The van der Waals surface area contributed by atoms with E-state index in [0.29, 0.717) is 47.5 Å². The van der Waals surface area contributed by atoms with E-state index in [9.17, 15) is 9.59 Å². The third kappa shape index (κ3) is 4.78. The first-order chi connectivity index (χ1) is 13.3. The van der Waals surface area contributed by atoms with Crippen LogP contribution in [0.5, 0.6) is 0 Å². The average molecular weight is 420 g/mol. The largest absolute Gasteiger partial charge is 0.366 e. The van der Waals surface area contributed by atoms with Crippen LogP contribution in [0.2, 0.25) is 10.0 Å². The lowest BCUT2D eigenvalue weighted by atomic mass is 10.1. The van der Waals surface area contributed by atoms with Crippen molar-refractivity contribution in [3.63, 3.8) is 0 Å². The smallest absolute Gasteiger partial charge is 0.255 e. The first-order valence-corrected chi connectivity index (χ1v) is 10.0. The summed E-state index contributed by atoms with van der Waals surface area (Å²) in [6, 6.07) is 12.2. The lowest BCUT2D eigenvalue weighted by molar-refractivity contribution is -0.134. The van der Waals surface area contributed by atoms with Crippen molar-refractivity contribution in [1.29, 1.82) is 0 Å². The topological polar surface area (TPSA) is 52.7 Å². The third-order valence-corrected chi connectivity index (χ3v) is 5.23. The summed E-state index contributed by atoms with van der Waals surface area (Å²) >= 11 is 12.1. The number of hydrogen-bond donors (Lipinski definition) is 1. The Morgan fingerprint density at radius 3 is 2.14 bits per heavy atom. The highest BCUT2D eigenvalue weighted by molar-refractivity contribution is 6.31. The van der Waals surface area contributed by atoms with Crippen molar-refractivity contribution in [3.05, 3.63) is 58.1 Å². The number of amides is 2. The Kier molecular flexibility index (Phi) is 6.47. The minimum absolute atomic E-state index is 0.00342. The Balaban J connectivity index is 1.75. The molecule has 2 aromatic carbocycles. The van der Waals surface area contributed by atoms with Gasteiger partial charge in [0.1, 0.15) is 0 Å². The average Bonchev–Trinajstić information content (AvgIpc) is 2.68. The number of anilines is 2. The number of nitrogens with zero attached hydrogens (tertiary/aromatic N) is 2. The Hall–Kier alpha value is -2.24. The number of halogens is 2. The van der Waals surface area contributed by atoms with E-state index in [1.54, 1.807) is 36.4 Å². The Morgan fingerprint density at radius 2 is 1.54 bits per heavy atom. The second-order valence-electron chi connectivity index (χ2n) is 7.09. The molecule has 1 N–H and O–H groups in total. The van der Waals surface area contributed by atoms with E-state index >= 15 is 0 Å². The summed E-state index contributed by atoms with van der Waals surface area (Å²) < 4.78 is 0. The molecule has 2 aromatic rings. The van der Waals surface area contributed by atoms with Crippen LogP contribution in [-0.4, -0.2) is 42.9 Å². The van der Waals surface area contributed by atoms with Crippen molar-refractivity contribution in [1.82, 2.24) is 4.90 Å². The molecule has 0 saturated carbocycles. The third-order valence-electron chi connectivity index (χ3n) is 4.74. The predicted octanol–water partition coefficient (Wildman–Crippen LogP) is 4.55. The van der Waals surface area contributed by atoms with Gasteiger partial charge >= 0.3 is 0 Å². The summed E-state index contributed by atoms with van der Waals surface area (Å²) in [5, 5.41) is 4.07. The Morgan fingerprint density at radius 1 is 0.929 bits per heavy atom. The van der Waals surface area contributed by atoms with Gasteiger partial charge in [0.05, 0.1) is 11.4 Å². The molecule has 2 amide bonds. The van der Waals surface area contributed by atoms with E-state index in [2.05, 4.69) is 10.2 Å². The van der Waals surface area contributed by atoms with Gasteiger partial charge in [0, 0.05) is 47.7 Å². The SMILES string of the molecule is CC(C)C(=O)N1CCN(c2ccc(Cl)cc2NC(=O)c2ccc(Cl)cc2)CC1. The van der Waals surface area contributed by atoms with E-state index in [-0.39, 0.29) is 17.7 Å². The molecule has 0 aliphatic carbocycles. The van der Waals surface area contributed by atoms with Crippen LogP contribution in [0.1, 0.15) is 24.2 Å². The fourth-order valence-corrected chi connectivity index (χ4v) is 3.51. The van der Waals surface area contributed by atoms with E-state index < -0.39 is 0 Å². The molecule has 28 heavy (non-hydrogen) atoms. The van der Waals surface area contributed by atoms with Crippen LogP contribution in [0.25, 0.3) is 0 Å². The van der Waals surface area contributed by atoms with Crippen molar-refractivity contribution in [3.8, 4) is 0 Å². The minimum Gasteiger partial charge on any atom is -0.366 e. The van der Waals surface area contributed by atoms with E-state index in [1.807, 2.05) is 24.8 Å². The Bertz CT molecular complexity index is 860. The maximum absolute atomic E-state index is 12.6. The molecule has 3 rings (SSSR count). The lowest BCUT2D eigenvalue weighted by Crippen LogP contribution is -2.50. The molecule has 1 heterocycles. The summed E-state index contributed by atoms with van der Waals surface area (Å²) in [6.45, 7) is 6.54. The molecule has 0 radical (unpaired) electrons. The zero-order valence-corrected chi connectivity index (χ0v) is 17.4. The maximum atomic E-state index is 12.6. The second kappa shape index (κ2) is 8.84. The number of hydrogen-bond acceptors (Lipinski definition) is 3. The summed E-state index contributed by atoms with van der Waals surface area (Å²) in [5.74, 6) is -0.0582. The summed E-state index contributed by atoms with van der Waals surface area (Å²) in [6.07, 6.45) is 0. The second-order valence-corrected chi connectivity index (χ2v) is 7.96. The number of piperazine rings is 1. The van der Waals surface area contributed by atoms with Crippen LogP contribution < -0.4 is 10.2 Å². The zero-order chi connectivity index (χ0) is 20.3. The number of nitrogens with one attached hydrogen (secondary N) is 1. The van der Waals surface area contributed by atoms with Crippen molar-refractivity contribution < 1.29 is 9.59 Å². The molecule has 1 fully saturated rings. The molecule has 0 aromatic heterocycles. The molecule has 1 aliphatic rings. The van der Waals surface area contributed by atoms with Gasteiger partial charge in [0.15, 0.2) is 0 Å². The lowest BCUT2D eigenvalue weighted by Gasteiger charge is -2.37. The molecular weight excluding hydrogens is 397 g/mol. The van der Waals surface area contributed by atoms with Crippen LogP contribution in [-0.2, 0) is 4.79 Å². The van der Waals surface area contributed by atoms with Gasteiger partial charge in [-0.25, -0.2) is 0 Å². The molecule has 5 nitrogen and oxygen atoms in total. The fourth-order valence-electron chi connectivity index (χ4n) is 3.21. The van der Waals surface area contributed by atoms with Crippen LogP contribution >= 0.6 is 23.2 Å². The van der Waals surface area contributed by atoms with Gasteiger partial charge in [-0.15, -0.1) is 0 Å². The number of rotatable bonds is 4. The van der Waals surface area contributed by atoms with Gasteiger partial charge in [0.25, 0.3) is 5.91 Å². The van der Waals surface area contributed by atoms with Gasteiger partial charge in [-0.05, 0) is 42.5 Å². The number of carbonyl (C=O) groups is 2. The highest BCUT2D eigenvalue weighted by atomic mass is 35.5. The van der Waals surface area contributed by atoms with E-state index in [4.69, 9.17) is 23.2 Å². The highest BCUT2D eigenvalue weighted by Gasteiger charge is 2.24. The molecule has 0 spiro atoms. The van der Waals surface area contributed by atoms with Gasteiger partial charge < -0.3 is 15.1 Å². The molecule has 1 aliphatic heterocycles. The van der Waals surface area contributed by atoms with Gasteiger partial charge in [-0.3, -0.25) is 9.59 Å². The highest BCUT2D eigenvalue weighted by Crippen LogP contribution is 2.30. The van der Waals surface area contributed by atoms with Gasteiger partial charge in [-0.2, -0.15) is 0 Å². The van der Waals surface area contributed by atoms with Crippen LogP contribution in [0.3, 0.4) is 0 Å². The predicted molar refractivity (Wildman–Crippen MR) is 114 cm³/mol. The summed E-state index contributed by atoms with van der Waals surface area (Å²) in [5.41, 5.74) is 2.06. The summed E-state index contributed by atoms with van der Waals surface area (Å²) in [4.78, 5) is 28.9. The van der Waals surface area contributed by atoms with Crippen molar-refractivity contribution in [2.24, 2.45) is 5.92 Å². The van der Waals surface area contributed by atoms with Crippen LogP contribution in [0.15, 0.2) is 42.5 Å². The van der Waals surface area contributed by atoms with Gasteiger partial charge in [-0.1, -0.05) is 37.0 Å². The monoisotopic (exact) mass is 419 g/mol. The van der Waals surface area contributed by atoms with Crippen LogP contribution in [0, 0.1) is 5.92 Å². The quantitative estimate of drug-likeness (QED) is 0.790. The molecule has 7 heteroatoms. The van der Waals surface area contributed by atoms with Crippen molar-refractivity contribution in [2.45, 2.75) is 13.8 Å². The molecule has 148 valence electrons. The fraction of sp³-hybridized carbons (Fsp3) is 0.333. The minimum atomic E-state index is -0.228. The van der Waals surface area contributed by atoms with Crippen LogP contribution in [0.4, 0.5) is 11.4 Å². The Labute approximate surface area is 175 Å². The molecular formula is C21H23Cl2N3O2. The van der Waals surface area contributed by atoms with E-state index in [0.717, 1.165) is 5.69 Å². The molecule has 1 saturated heterocycles. The van der Waals surface area contributed by atoms with Gasteiger partial charge in [0.2, 0.25) is 5.91 Å². The normalized spacial score (nSPS) is 14.3. The zero-order valence-electron chi connectivity index (χ0n) is 15.9. The first kappa shape index (κ1) is 20.5. The number of benzene rings is 2. The molecule has 0 unspecified atom stereocenters. The van der Waals surface area contributed by atoms with Crippen molar-refractivity contribution in [2.75, 3.05) is 36.4 Å². The maximum Gasteiger partial charge on any atom is 0.255 e. The standard InChI is InChI=1S/C21H23Cl2N3O2/c1-14(2)21(28)26-11-9-25(10-12-26)19-8-7-17(23)13-18(19)24-20(27)15-3-5-16(22)6-4-15/h3-8,13-14H,9-12H2,1-2H3,(H,24,27).